The number of nitrogens with two attached hydrogens (primary N) is 1. The smallest absolute Gasteiger partial charge is 0.260 e. The number of benzene rings is 1. The fourth-order valence-electron chi connectivity index (χ4n) is 1.73. The van der Waals surface area contributed by atoms with Crippen LogP contribution in [0.15, 0.2) is 24.3 Å². The van der Waals surface area contributed by atoms with Gasteiger partial charge in [-0.25, -0.2) is 0 Å². The van der Waals surface area contributed by atoms with Crippen LogP contribution in [0.1, 0.15) is 12.5 Å². The number of amides is 2. The zero-order valence-electron chi connectivity index (χ0n) is 12.8. The van der Waals surface area contributed by atoms with Crippen molar-refractivity contribution in [3.8, 4) is 5.75 Å². The summed E-state index contributed by atoms with van der Waals surface area (Å²) in [6, 6.07) is 7.32. The molecule has 0 aliphatic heterocycles. The van der Waals surface area contributed by atoms with Crippen LogP contribution in [0, 0.1) is 0 Å². The van der Waals surface area contributed by atoms with Crippen molar-refractivity contribution in [3.05, 3.63) is 29.8 Å². The van der Waals surface area contributed by atoms with Gasteiger partial charge in [-0.15, -0.1) is 0 Å². The van der Waals surface area contributed by atoms with Crippen LogP contribution in [-0.2, 0) is 16.1 Å². The van der Waals surface area contributed by atoms with Crippen molar-refractivity contribution in [1.82, 2.24) is 9.80 Å². The minimum atomic E-state index is -0.223. The fraction of sp³-hybridized carbons (Fsp3) is 0.467. The highest BCUT2D eigenvalue weighted by atomic mass is 16.5. The Hall–Kier alpha value is -2.08. The Labute approximate surface area is 125 Å². The van der Waals surface area contributed by atoms with E-state index in [2.05, 4.69) is 0 Å². The number of rotatable bonds is 7. The Balaban J connectivity index is 2.60. The minimum Gasteiger partial charge on any atom is -0.483 e. The monoisotopic (exact) mass is 293 g/mol. The van der Waals surface area contributed by atoms with E-state index >= 15 is 0 Å². The molecule has 0 unspecified atom stereocenters. The van der Waals surface area contributed by atoms with Gasteiger partial charge in [-0.3, -0.25) is 9.59 Å². The van der Waals surface area contributed by atoms with Crippen molar-refractivity contribution < 1.29 is 14.3 Å². The SMILES string of the molecule is CCN(CC(=O)N(C)C)C(=O)COc1ccccc1CN. The summed E-state index contributed by atoms with van der Waals surface area (Å²) in [6.07, 6.45) is 0. The van der Waals surface area contributed by atoms with Gasteiger partial charge < -0.3 is 20.3 Å². The lowest BCUT2D eigenvalue weighted by atomic mass is 10.2. The zero-order valence-corrected chi connectivity index (χ0v) is 12.8. The largest absolute Gasteiger partial charge is 0.483 e. The molecule has 6 nitrogen and oxygen atoms in total. The molecule has 116 valence electrons. The molecule has 0 radical (unpaired) electrons. The highest BCUT2D eigenvalue weighted by Crippen LogP contribution is 2.17. The summed E-state index contributed by atoms with van der Waals surface area (Å²) in [7, 11) is 3.32. The topological polar surface area (TPSA) is 75.9 Å². The van der Waals surface area contributed by atoms with Crippen molar-refractivity contribution in [2.24, 2.45) is 5.73 Å². The second kappa shape index (κ2) is 8.26. The Morgan fingerprint density at radius 1 is 1.19 bits per heavy atom. The van der Waals surface area contributed by atoms with Gasteiger partial charge in [0.25, 0.3) is 5.91 Å². The standard InChI is InChI=1S/C15H23N3O3/c1-4-18(10-14(19)17(2)3)15(20)11-21-13-8-6-5-7-12(13)9-16/h5-8H,4,9-11,16H2,1-3H3. The third-order valence-corrected chi connectivity index (χ3v) is 3.10. The lowest BCUT2D eigenvalue weighted by Gasteiger charge is -2.22. The number of ether oxygens (including phenoxy) is 1. The minimum absolute atomic E-state index is 0.0598. The first-order valence-corrected chi connectivity index (χ1v) is 6.88. The molecule has 0 bridgehead atoms. The first kappa shape index (κ1) is 17.0. The average Bonchev–Trinajstić information content (AvgIpc) is 2.49. The summed E-state index contributed by atoms with van der Waals surface area (Å²) >= 11 is 0. The van der Waals surface area contributed by atoms with Gasteiger partial charge in [-0.05, 0) is 13.0 Å². The highest BCUT2D eigenvalue weighted by Gasteiger charge is 2.17. The van der Waals surface area contributed by atoms with Crippen molar-refractivity contribution in [2.45, 2.75) is 13.5 Å². The van der Waals surface area contributed by atoms with Crippen LogP contribution in [-0.4, -0.2) is 55.4 Å². The molecule has 0 aliphatic carbocycles. The molecule has 0 aromatic heterocycles. The lowest BCUT2D eigenvalue weighted by Crippen LogP contribution is -2.42. The van der Waals surface area contributed by atoms with E-state index < -0.39 is 0 Å². The first-order chi connectivity index (χ1) is 9.99. The molecular weight excluding hydrogens is 270 g/mol. The highest BCUT2D eigenvalue weighted by molar-refractivity contribution is 5.85. The molecule has 0 saturated heterocycles. The Morgan fingerprint density at radius 2 is 1.86 bits per heavy atom. The van der Waals surface area contributed by atoms with Gasteiger partial charge in [0.2, 0.25) is 5.91 Å². The molecule has 1 rings (SSSR count). The molecule has 0 saturated carbocycles. The molecule has 0 spiro atoms. The van der Waals surface area contributed by atoms with Crippen LogP contribution in [0.2, 0.25) is 0 Å². The molecule has 0 aliphatic rings. The maximum atomic E-state index is 12.1. The molecule has 2 amide bonds. The molecule has 2 N–H and O–H groups in total. The third-order valence-electron chi connectivity index (χ3n) is 3.10. The fourth-order valence-corrected chi connectivity index (χ4v) is 1.73. The summed E-state index contributed by atoms with van der Waals surface area (Å²) in [5.41, 5.74) is 6.46. The molecule has 6 heteroatoms. The Kier molecular flexibility index (Phi) is 6.68. The number of carbonyl (C=O) groups is 2. The third kappa shape index (κ3) is 5.07. The number of para-hydroxylation sites is 1. The molecular formula is C15H23N3O3. The van der Waals surface area contributed by atoms with Crippen LogP contribution in [0.3, 0.4) is 0 Å². The van der Waals surface area contributed by atoms with Gasteiger partial charge in [-0.1, -0.05) is 18.2 Å². The summed E-state index contributed by atoms with van der Waals surface area (Å²) in [5, 5.41) is 0. The van der Waals surface area contributed by atoms with E-state index in [1.54, 1.807) is 20.2 Å². The lowest BCUT2D eigenvalue weighted by molar-refractivity contribution is -0.140. The van der Waals surface area contributed by atoms with E-state index in [0.717, 1.165) is 5.56 Å². The number of hydrogen-bond donors (Lipinski definition) is 1. The van der Waals surface area contributed by atoms with Crippen LogP contribution >= 0.6 is 0 Å². The quantitative estimate of drug-likeness (QED) is 0.792. The van der Waals surface area contributed by atoms with E-state index in [1.807, 2.05) is 25.1 Å². The number of hydrogen-bond acceptors (Lipinski definition) is 4. The van der Waals surface area contributed by atoms with Gasteiger partial charge in [0.05, 0.1) is 6.54 Å². The summed E-state index contributed by atoms with van der Waals surface area (Å²) in [4.78, 5) is 26.7. The van der Waals surface area contributed by atoms with Crippen LogP contribution in [0.5, 0.6) is 5.75 Å². The average molecular weight is 293 g/mol. The number of carbonyl (C=O) groups excluding carboxylic acids is 2. The number of likely N-dealkylation sites (N-methyl/N-ethyl adjacent to an activating group) is 2. The number of nitrogens with zero attached hydrogens (tertiary/aromatic N) is 2. The van der Waals surface area contributed by atoms with Gasteiger partial charge in [0.1, 0.15) is 5.75 Å². The molecule has 1 aromatic rings. The summed E-state index contributed by atoms with van der Waals surface area (Å²) in [5.74, 6) is 0.260. The maximum Gasteiger partial charge on any atom is 0.260 e. The summed E-state index contributed by atoms with van der Waals surface area (Å²) in [6.45, 7) is 2.59. The normalized spacial score (nSPS) is 10.1. The molecule has 0 heterocycles. The van der Waals surface area contributed by atoms with Gasteiger partial charge in [0, 0.05) is 32.7 Å². The van der Waals surface area contributed by atoms with E-state index in [0.29, 0.717) is 18.8 Å². The second-order valence-electron chi connectivity index (χ2n) is 4.80. The van der Waals surface area contributed by atoms with E-state index in [-0.39, 0.29) is 25.0 Å². The van der Waals surface area contributed by atoms with Crippen molar-refractivity contribution in [2.75, 3.05) is 33.8 Å². The Morgan fingerprint density at radius 3 is 2.43 bits per heavy atom. The van der Waals surface area contributed by atoms with Crippen molar-refractivity contribution >= 4 is 11.8 Å². The van der Waals surface area contributed by atoms with E-state index in [1.165, 1.54) is 9.80 Å². The predicted octanol–water partition coefficient (Wildman–Crippen LogP) is 0.461. The predicted molar refractivity (Wildman–Crippen MR) is 80.8 cm³/mol. The van der Waals surface area contributed by atoms with Crippen molar-refractivity contribution in [3.63, 3.8) is 0 Å². The van der Waals surface area contributed by atoms with E-state index in [4.69, 9.17) is 10.5 Å². The molecule has 0 atom stereocenters. The summed E-state index contributed by atoms with van der Waals surface area (Å²) < 4.78 is 5.52. The van der Waals surface area contributed by atoms with E-state index in [9.17, 15) is 9.59 Å². The van der Waals surface area contributed by atoms with Crippen LogP contribution in [0.25, 0.3) is 0 Å². The van der Waals surface area contributed by atoms with Gasteiger partial charge >= 0.3 is 0 Å². The Bertz CT molecular complexity index is 489. The molecule has 1 aromatic carbocycles. The first-order valence-electron chi connectivity index (χ1n) is 6.88. The van der Waals surface area contributed by atoms with Gasteiger partial charge in [-0.2, -0.15) is 0 Å². The van der Waals surface area contributed by atoms with Crippen molar-refractivity contribution in [1.29, 1.82) is 0 Å². The molecule has 0 fully saturated rings. The zero-order chi connectivity index (χ0) is 15.8. The molecule has 21 heavy (non-hydrogen) atoms. The second-order valence-corrected chi connectivity index (χ2v) is 4.80. The maximum absolute atomic E-state index is 12.1. The van der Waals surface area contributed by atoms with Crippen LogP contribution < -0.4 is 10.5 Å². The van der Waals surface area contributed by atoms with Crippen LogP contribution in [0.4, 0.5) is 0 Å². The van der Waals surface area contributed by atoms with Gasteiger partial charge in [0.15, 0.2) is 6.61 Å².